The van der Waals surface area contributed by atoms with Crippen molar-refractivity contribution in [1.82, 2.24) is 0 Å². The molecule has 0 saturated carbocycles. The van der Waals surface area contributed by atoms with Gasteiger partial charge in [0.25, 0.3) is 0 Å². The summed E-state index contributed by atoms with van der Waals surface area (Å²) in [5.74, 6) is -3.95. The van der Waals surface area contributed by atoms with Crippen molar-refractivity contribution in [1.29, 1.82) is 0 Å². The highest BCUT2D eigenvalue weighted by Crippen LogP contribution is 2.23. The quantitative estimate of drug-likeness (QED) is 0.862. The zero-order valence-corrected chi connectivity index (χ0v) is 8.96. The molecule has 1 aromatic carbocycles. The number of ether oxygens (including phenoxy) is 1. The fraction of sp³-hybridized carbons (Fsp3) is 0.364. The predicted molar refractivity (Wildman–Crippen MR) is 53.4 cm³/mol. The van der Waals surface area contributed by atoms with Crippen molar-refractivity contribution in [3.8, 4) is 5.75 Å². The van der Waals surface area contributed by atoms with Crippen LogP contribution in [-0.4, -0.2) is 18.2 Å². The molecule has 0 radical (unpaired) electrons. The molecule has 0 aliphatic heterocycles. The Hall–Kier alpha value is -1.65. The lowest BCUT2D eigenvalue weighted by molar-refractivity contribution is -0.141. The van der Waals surface area contributed by atoms with Crippen LogP contribution >= 0.6 is 0 Å². The van der Waals surface area contributed by atoms with Gasteiger partial charge in [0, 0.05) is 0 Å². The Morgan fingerprint density at radius 2 is 2.12 bits per heavy atom. The molecule has 1 atom stereocenters. The summed E-state index contributed by atoms with van der Waals surface area (Å²) in [5.41, 5.74) is 0.394. The summed E-state index contributed by atoms with van der Waals surface area (Å²) in [6.07, 6.45) is 0.128. The van der Waals surface area contributed by atoms with Crippen LogP contribution < -0.4 is 4.74 Å². The molecule has 0 spiro atoms. The number of carbonyl (C=O) groups is 1. The van der Waals surface area contributed by atoms with Gasteiger partial charge in [-0.25, -0.2) is 4.39 Å². The van der Waals surface area contributed by atoms with Crippen molar-refractivity contribution in [2.24, 2.45) is 5.92 Å². The monoisotopic (exact) mass is 230 g/mol. The molecule has 3 nitrogen and oxygen atoms in total. The molecule has 0 saturated heterocycles. The molecule has 0 fully saturated rings. The van der Waals surface area contributed by atoms with E-state index in [1.165, 1.54) is 20.1 Å². The first-order valence-corrected chi connectivity index (χ1v) is 4.70. The van der Waals surface area contributed by atoms with Crippen LogP contribution in [0.1, 0.15) is 12.5 Å². The van der Waals surface area contributed by atoms with E-state index in [4.69, 9.17) is 5.11 Å². The summed E-state index contributed by atoms with van der Waals surface area (Å²) in [4.78, 5) is 10.6. The minimum atomic E-state index is -1.06. The van der Waals surface area contributed by atoms with Crippen LogP contribution in [0.2, 0.25) is 0 Å². The Bertz CT molecular complexity index is 404. The molecule has 0 aromatic heterocycles. The lowest BCUT2D eigenvalue weighted by Crippen LogP contribution is -2.12. The predicted octanol–water partition coefficient (Wildman–Crippen LogP) is 2.24. The molecule has 1 N–H and O–H groups in total. The van der Waals surface area contributed by atoms with Gasteiger partial charge in [-0.15, -0.1) is 0 Å². The first kappa shape index (κ1) is 12.4. The van der Waals surface area contributed by atoms with Crippen LogP contribution in [0.4, 0.5) is 8.78 Å². The molecular weight excluding hydrogens is 218 g/mol. The number of hydrogen-bond donors (Lipinski definition) is 1. The van der Waals surface area contributed by atoms with Crippen LogP contribution in [0, 0.1) is 17.6 Å². The second-order valence-corrected chi connectivity index (χ2v) is 3.54. The minimum Gasteiger partial charge on any atom is -0.494 e. The molecule has 0 aliphatic carbocycles. The van der Waals surface area contributed by atoms with Crippen LogP contribution in [0.25, 0.3) is 0 Å². The third-order valence-corrected chi connectivity index (χ3v) is 2.24. The molecule has 16 heavy (non-hydrogen) atoms. The minimum absolute atomic E-state index is 0.128. The molecule has 1 aromatic rings. The summed E-state index contributed by atoms with van der Waals surface area (Å²) >= 11 is 0. The van der Waals surface area contributed by atoms with Gasteiger partial charge in [0.15, 0.2) is 11.6 Å². The lowest BCUT2D eigenvalue weighted by atomic mass is 10.0. The van der Waals surface area contributed by atoms with Crippen molar-refractivity contribution in [2.45, 2.75) is 13.3 Å². The maximum atomic E-state index is 13.1. The van der Waals surface area contributed by atoms with E-state index in [2.05, 4.69) is 4.74 Å². The van der Waals surface area contributed by atoms with E-state index in [0.29, 0.717) is 5.56 Å². The zero-order chi connectivity index (χ0) is 12.3. The molecule has 5 heteroatoms. The summed E-state index contributed by atoms with van der Waals surface area (Å²) in [7, 11) is 1.22. The van der Waals surface area contributed by atoms with Crippen LogP contribution in [0.5, 0.6) is 5.75 Å². The SMILES string of the molecule is COc1cc(CC(C)C(=O)O)cc(F)c1F. The maximum Gasteiger partial charge on any atom is 0.306 e. The number of carboxylic acid groups (broad SMARTS) is 1. The number of rotatable bonds is 4. The second kappa shape index (κ2) is 4.92. The lowest BCUT2D eigenvalue weighted by Gasteiger charge is -2.09. The summed E-state index contributed by atoms with van der Waals surface area (Å²) in [6.45, 7) is 1.50. The van der Waals surface area contributed by atoms with Gasteiger partial charge in [-0.05, 0) is 24.1 Å². The van der Waals surface area contributed by atoms with Gasteiger partial charge >= 0.3 is 5.97 Å². The molecule has 1 unspecified atom stereocenters. The highest BCUT2D eigenvalue weighted by Gasteiger charge is 2.16. The number of aliphatic carboxylic acids is 1. The molecule has 0 bridgehead atoms. The Kier molecular flexibility index (Phi) is 3.82. The van der Waals surface area contributed by atoms with Crippen molar-refractivity contribution in [3.05, 3.63) is 29.3 Å². The number of benzene rings is 1. The summed E-state index contributed by atoms with van der Waals surface area (Å²) < 4.78 is 30.8. The first-order chi connectivity index (χ1) is 7.45. The van der Waals surface area contributed by atoms with Gasteiger partial charge in [-0.2, -0.15) is 4.39 Å². The van der Waals surface area contributed by atoms with E-state index in [1.807, 2.05) is 0 Å². The fourth-order valence-corrected chi connectivity index (χ4v) is 1.32. The number of halogens is 2. The van der Waals surface area contributed by atoms with Crippen molar-refractivity contribution in [2.75, 3.05) is 7.11 Å². The van der Waals surface area contributed by atoms with Crippen LogP contribution in [0.3, 0.4) is 0 Å². The van der Waals surface area contributed by atoms with Gasteiger partial charge in [-0.3, -0.25) is 4.79 Å². The van der Waals surface area contributed by atoms with E-state index in [0.717, 1.165) is 6.07 Å². The molecule has 1 rings (SSSR count). The van der Waals surface area contributed by atoms with Gasteiger partial charge in [0.05, 0.1) is 13.0 Å². The number of methoxy groups -OCH3 is 1. The average molecular weight is 230 g/mol. The number of carboxylic acids is 1. The van der Waals surface area contributed by atoms with Crippen molar-refractivity contribution >= 4 is 5.97 Å². The van der Waals surface area contributed by atoms with Gasteiger partial charge in [0.2, 0.25) is 5.82 Å². The normalized spacial score (nSPS) is 12.2. The third kappa shape index (κ3) is 2.68. The molecule has 0 aliphatic rings. The standard InChI is InChI=1S/C11H12F2O3/c1-6(11(14)15)3-7-4-8(12)10(13)9(5-7)16-2/h4-6H,3H2,1-2H3,(H,14,15). The molecule has 0 heterocycles. The van der Waals surface area contributed by atoms with E-state index in [9.17, 15) is 13.6 Å². The summed E-state index contributed by atoms with van der Waals surface area (Å²) in [6, 6.07) is 2.29. The fourth-order valence-electron chi connectivity index (χ4n) is 1.32. The van der Waals surface area contributed by atoms with Gasteiger partial charge in [0.1, 0.15) is 0 Å². The van der Waals surface area contributed by atoms with Gasteiger partial charge in [-0.1, -0.05) is 6.92 Å². The topological polar surface area (TPSA) is 46.5 Å². The molecule has 0 amide bonds. The maximum absolute atomic E-state index is 13.1. The van der Waals surface area contributed by atoms with E-state index < -0.39 is 23.5 Å². The Morgan fingerprint density at radius 3 is 2.62 bits per heavy atom. The Morgan fingerprint density at radius 1 is 1.50 bits per heavy atom. The van der Waals surface area contributed by atoms with Crippen molar-refractivity contribution in [3.63, 3.8) is 0 Å². The van der Waals surface area contributed by atoms with Crippen molar-refractivity contribution < 1.29 is 23.4 Å². The van der Waals surface area contributed by atoms with E-state index >= 15 is 0 Å². The van der Waals surface area contributed by atoms with Gasteiger partial charge < -0.3 is 9.84 Å². The largest absolute Gasteiger partial charge is 0.494 e. The zero-order valence-electron chi connectivity index (χ0n) is 8.96. The molecular formula is C11H12F2O3. The first-order valence-electron chi connectivity index (χ1n) is 4.70. The Labute approximate surface area is 91.7 Å². The number of hydrogen-bond acceptors (Lipinski definition) is 2. The highest BCUT2D eigenvalue weighted by atomic mass is 19.2. The highest BCUT2D eigenvalue weighted by molar-refractivity contribution is 5.69. The van der Waals surface area contributed by atoms with Crippen LogP contribution in [0.15, 0.2) is 12.1 Å². The second-order valence-electron chi connectivity index (χ2n) is 3.54. The Balaban J connectivity index is 2.98. The summed E-state index contributed by atoms with van der Waals surface area (Å²) in [5, 5.41) is 8.69. The molecule has 88 valence electrons. The van der Waals surface area contributed by atoms with E-state index in [-0.39, 0.29) is 12.2 Å². The third-order valence-electron chi connectivity index (χ3n) is 2.24. The smallest absolute Gasteiger partial charge is 0.306 e. The van der Waals surface area contributed by atoms with Crippen LogP contribution in [-0.2, 0) is 11.2 Å². The average Bonchev–Trinajstić information content (AvgIpc) is 2.22. The van der Waals surface area contributed by atoms with E-state index in [1.54, 1.807) is 0 Å².